The van der Waals surface area contributed by atoms with E-state index in [-0.39, 0.29) is 0 Å². The van der Waals surface area contributed by atoms with Gasteiger partial charge in [0.1, 0.15) is 0 Å². The first-order valence-electron chi connectivity index (χ1n) is 7.07. The van der Waals surface area contributed by atoms with Crippen molar-refractivity contribution in [2.24, 2.45) is 5.73 Å². The van der Waals surface area contributed by atoms with Crippen LogP contribution in [-0.2, 0) is 6.54 Å². The van der Waals surface area contributed by atoms with Gasteiger partial charge in [-0.15, -0.1) is 0 Å². The first-order chi connectivity index (χ1) is 9.15. The predicted molar refractivity (Wildman–Crippen MR) is 83.2 cm³/mol. The van der Waals surface area contributed by atoms with Gasteiger partial charge >= 0.3 is 0 Å². The Morgan fingerprint density at radius 1 is 1.11 bits per heavy atom. The van der Waals surface area contributed by atoms with Gasteiger partial charge in [-0.2, -0.15) is 0 Å². The van der Waals surface area contributed by atoms with Gasteiger partial charge in [-0.3, -0.25) is 0 Å². The van der Waals surface area contributed by atoms with E-state index in [1.165, 1.54) is 22.8 Å². The molecule has 0 aromatic heterocycles. The maximum absolute atomic E-state index is 5.77. The van der Waals surface area contributed by atoms with Crippen molar-refractivity contribution in [1.82, 2.24) is 4.90 Å². The van der Waals surface area contributed by atoms with Crippen molar-refractivity contribution in [2.45, 2.75) is 32.4 Å². The molecular formula is C17H24N2. The van der Waals surface area contributed by atoms with Gasteiger partial charge < -0.3 is 10.6 Å². The fourth-order valence-corrected chi connectivity index (χ4v) is 2.41. The van der Waals surface area contributed by atoms with Gasteiger partial charge in [-0.1, -0.05) is 36.4 Å². The Balaban J connectivity index is 1.93. The molecule has 0 aliphatic heterocycles. The zero-order chi connectivity index (χ0) is 13.7. The highest BCUT2D eigenvalue weighted by molar-refractivity contribution is 5.82. The summed E-state index contributed by atoms with van der Waals surface area (Å²) in [5.74, 6) is 0. The Kier molecular flexibility index (Phi) is 4.94. The lowest BCUT2D eigenvalue weighted by Gasteiger charge is -2.17. The summed E-state index contributed by atoms with van der Waals surface area (Å²) in [6.07, 6.45) is 2.27. The predicted octanol–water partition coefficient (Wildman–Crippen LogP) is 3.40. The molecule has 2 aromatic rings. The molecule has 2 N–H and O–H groups in total. The van der Waals surface area contributed by atoms with Crippen molar-refractivity contribution in [3.05, 3.63) is 48.0 Å². The molecule has 102 valence electrons. The van der Waals surface area contributed by atoms with Crippen molar-refractivity contribution in [1.29, 1.82) is 0 Å². The van der Waals surface area contributed by atoms with E-state index in [1.54, 1.807) is 0 Å². The molecule has 0 saturated carbocycles. The maximum atomic E-state index is 5.77. The van der Waals surface area contributed by atoms with Crippen molar-refractivity contribution in [3.63, 3.8) is 0 Å². The third kappa shape index (κ3) is 4.34. The van der Waals surface area contributed by atoms with Crippen LogP contribution in [0.3, 0.4) is 0 Å². The highest BCUT2D eigenvalue weighted by Crippen LogP contribution is 2.16. The van der Waals surface area contributed by atoms with Crippen LogP contribution in [0.4, 0.5) is 0 Å². The highest BCUT2D eigenvalue weighted by atomic mass is 15.1. The van der Waals surface area contributed by atoms with Crippen LogP contribution in [0.15, 0.2) is 42.5 Å². The topological polar surface area (TPSA) is 29.3 Å². The van der Waals surface area contributed by atoms with Crippen molar-refractivity contribution in [3.8, 4) is 0 Å². The molecule has 0 spiro atoms. The number of nitrogens with two attached hydrogens (primary N) is 1. The number of benzene rings is 2. The van der Waals surface area contributed by atoms with Crippen molar-refractivity contribution >= 4 is 10.8 Å². The van der Waals surface area contributed by atoms with Gasteiger partial charge in [0.2, 0.25) is 0 Å². The Morgan fingerprint density at radius 2 is 1.84 bits per heavy atom. The largest absolute Gasteiger partial charge is 0.328 e. The molecule has 0 bridgehead atoms. The van der Waals surface area contributed by atoms with E-state index in [0.717, 1.165) is 19.5 Å². The van der Waals surface area contributed by atoms with Crippen LogP contribution in [0.25, 0.3) is 10.8 Å². The van der Waals surface area contributed by atoms with E-state index in [9.17, 15) is 0 Å². The maximum Gasteiger partial charge on any atom is 0.0230 e. The van der Waals surface area contributed by atoms with Crippen LogP contribution in [0, 0.1) is 0 Å². The lowest BCUT2D eigenvalue weighted by Crippen LogP contribution is -2.22. The van der Waals surface area contributed by atoms with E-state index in [2.05, 4.69) is 61.3 Å². The molecule has 0 aliphatic carbocycles. The second kappa shape index (κ2) is 6.69. The average molecular weight is 256 g/mol. The zero-order valence-corrected chi connectivity index (χ0v) is 12.0. The molecule has 1 atom stereocenters. The van der Waals surface area contributed by atoms with Crippen LogP contribution in [-0.4, -0.2) is 24.5 Å². The number of rotatable bonds is 6. The molecule has 0 heterocycles. The second-order valence-corrected chi connectivity index (χ2v) is 5.54. The number of hydrogen-bond donors (Lipinski definition) is 1. The third-order valence-corrected chi connectivity index (χ3v) is 3.47. The van der Waals surface area contributed by atoms with E-state index < -0.39 is 0 Å². The molecule has 2 rings (SSSR count). The highest BCUT2D eigenvalue weighted by Gasteiger charge is 2.02. The zero-order valence-electron chi connectivity index (χ0n) is 12.0. The molecule has 0 amide bonds. The van der Waals surface area contributed by atoms with E-state index in [0.29, 0.717) is 6.04 Å². The summed E-state index contributed by atoms with van der Waals surface area (Å²) in [5.41, 5.74) is 7.15. The monoisotopic (exact) mass is 256 g/mol. The average Bonchev–Trinajstić information content (AvgIpc) is 2.38. The van der Waals surface area contributed by atoms with Crippen LogP contribution in [0.2, 0.25) is 0 Å². The van der Waals surface area contributed by atoms with Gasteiger partial charge in [0.15, 0.2) is 0 Å². The first-order valence-corrected chi connectivity index (χ1v) is 7.07. The molecule has 1 unspecified atom stereocenters. The van der Waals surface area contributed by atoms with Gasteiger partial charge in [-0.25, -0.2) is 0 Å². The minimum Gasteiger partial charge on any atom is -0.328 e. The minimum atomic E-state index is 0.314. The molecule has 0 radical (unpaired) electrons. The lowest BCUT2D eigenvalue weighted by atomic mass is 10.1. The molecule has 2 heteroatoms. The summed E-state index contributed by atoms with van der Waals surface area (Å²) in [7, 11) is 2.18. The summed E-state index contributed by atoms with van der Waals surface area (Å²) in [5, 5.41) is 2.63. The normalized spacial score (nSPS) is 13.1. The fourth-order valence-electron chi connectivity index (χ4n) is 2.41. The molecule has 19 heavy (non-hydrogen) atoms. The van der Waals surface area contributed by atoms with Gasteiger partial charge in [0, 0.05) is 12.6 Å². The Labute approximate surface area is 116 Å². The second-order valence-electron chi connectivity index (χ2n) is 5.54. The molecule has 0 aliphatic rings. The fraction of sp³-hybridized carbons (Fsp3) is 0.412. The SMILES string of the molecule is CC(N)CCCN(C)Cc1ccc2ccccc2c1. The van der Waals surface area contributed by atoms with Gasteiger partial charge in [0.25, 0.3) is 0 Å². The summed E-state index contributed by atoms with van der Waals surface area (Å²) < 4.78 is 0. The Morgan fingerprint density at radius 3 is 2.58 bits per heavy atom. The Hall–Kier alpha value is -1.38. The standard InChI is InChI=1S/C17H24N2/c1-14(18)6-5-11-19(2)13-15-9-10-16-7-3-4-8-17(16)12-15/h3-4,7-10,12,14H,5-6,11,13,18H2,1-2H3. The number of fused-ring (bicyclic) bond motifs is 1. The van der Waals surface area contributed by atoms with E-state index in [4.69, 9.17) is 5.73 Å². The molecule has 0 fully saturated rings. The first kappa shape index (κ1) is 14.0. The smallest absolute Gasteiger partial charge is 0.0230 e. The van der Waals surface area contributed by atoms with Crippen molar-refractivity contribution < 1.29 is 0 Å². The summed E-state index contributed by atoms with van der Waals surface area (Å²) in [6.45, 7) is 4.18. The van der Waals surface area contributed by atoms with E-state index in [1.807, 2.05) is 0 Å². The lowest BCUT2D eigenvalue weighted by molar-refractivity contribution is 0.315. The number of hydrogen-bond acceptors (Lipinski definition) is 2. The van der Waals surface area contributed by atoms with Crippen molar-refractivity contribution in [2.75, 3.05) is 13.6 Å². The summed E-state index contributed by atoms with van der Waals surface area (Å²) in [6, 6.07) is 15.6. The summed E-state index contributed by atoms with van der Waals surface area (Å²) in [4.78, 5) is 2.37. The summed E-state index contributed by atoms with van der Waals surface area (Å²) >= 11 is 0. The molecule has 2 nitrogen and oxygen atoms in total. The quantitative estimate of drug-likeness (QED) is 0.858. The van der Waals surface area contributed by atoms with Crippen LogP contribution in [0.5, 0.6) is 0 Å². The van der Waals surface area contributed by atoms with Gasteiger partial charge in [0.05, 0.1) is 0 Å². The molecule has 0 saturated heterocycles. The third-order valence-electron chi connectivity index (χ3n) is 3.47. The number of nitrogens with zero attached hydrogens (tertiary/aromatic N) is 1. The molecule has 2 aromatic carbocycles. The van der Waals surface area contributed by atoms with E-state index >= 15 is 0 Å². The van der Waals surface area contributed by atoms with Crippen LogP contribution < -0.4 is 5.73 Å². The van der Waals surface area contributed by atoms with Gasteiger partial charge in [-0.05, 0) is 55.8 Å². The van der Waals surface area contributed by atoms with Crippen LogP contribution in [0.1, 0.15) is 25.3 Å². The minimum absolute atomic E-state index is 0.314. The Bertz CT molecular complexity index is 519. The molecular weight excluding hydrogens is 232 g/mol. The van der Waals surface area contributed by atoms with Crippen LogP contribution >= 0.6 is 0 Å².